The van der Waals surface area contributed by atoms with Crippen molar-refractivity contribution in [3.8, 4) is 0 Å². The van der Waals surface area contributed by atoms with Crippen LogP contribution in [0.3, 0.4) is 0 Å². The molecule has 0 fully saturated rings. The number of methoxy groups -OCH3 is 1. The lowest BCUT2D eigenvalue weighted by Gasteiger charge is -2.16. The maximum absolute atomic E-state index is 9.36. The van der Waals surface area contributed by atoms with Gasteiger partial charge in [-0.15, -0.1) is 0 Å². The second kappa shape index (κ2) is 3.68. The summed E-state index contributed by atoms with van der Waals surface area (Å²) in [5.41, 5.74) is 0. The van der Waals surface area contributed by atoms with Crippen molar-refractivity contribution in [3.63, 3.8) is 0 Å². The number of hydrogen-bond acceptors (Lipinski definition) is 5. The Morgan fingerprint density at radius 1 is 1.62 bits per heavy atom. The summed E-state index contributed by atoms with van der Waals surface area (Å²) in [5.74, 6) is -0.868. The van der Waals surface area contributed by atoms with Crippen molar-refractivity contribution in [1.82, 2.24) is 0 Å². The molecule has 2 unspecified atom stereocenters. The maximum Gasteiger partial charge on any atom is 0.199 e. The van der Waals surface area contributed by atoms with Crippen LogP contribution in [0.25, 0.3) is 0 Å². The van der Waals surface area contributed by atoms with Crippen LogP contribution < -0.4 is 0 Å². The number of aliphatic hydroxyl groups excluding tert-OH is 3. The smallest absolute Gasteiger partial charge is 0.199 e. The Bertz CT molecular complexity index is 245. The molecule has 0 saturated heterocycles. The van der Waals surface area contributed by atoms with Crippen LogP contribution in [0.15, 0.2) is 23.9 Å². The Hall–Kier alpha value is -1.20. The lowest BCUT2D eigenvalue weighted by Crippen LogP contribution is -2.31. The second-order valence-corrected chi connectivity index (χ2v) is 2.72. The van der Waals surface area contributed by atoms with E-state index in [1.54, 1.807) is 0 Å². The van der Waals surface area contributed by atoms with Crippen LogP contribution in [0.5, 0.6) is 0 Å². The van der Waals surface area contributed by atoms with Crippen LogP contribution in [-0.4, -0.2) is 41.2 Å². The molecule has 0 saturated carbocycles. The zero-order chi connectivity index (χ0) is 10.0. The van der Waals surface area contributed by atoms with Gasteiger partial charge >= 0.3 is 0 Å². The minimum Gasteiger partial charge on any atom is -0.505 e. The normalized spacial score (nSPS) is 24.8. The van der Waals surface area contributed by atoms with Crippen LogP contribution in [0, 0.1) is 0 Å². The fourth-order valence-electron chi connectivity index (χ4n) is 1.06. The van der Waals surface area contributed by atoms with Gasteiger partial charge in [-0.2, -0.15) is 0 Å². The molecule has 0 aromatic rings. The van der Waals surface area contributed by atoms with Gasteiger partial charge in [0.25, 0.3) is 0 Å². The van der Waals surface area contributed by atoms with Gasteiger partial charge < -0.3 is 24.8 Å². The first-order valence-electron chi connectivity index (χ1n) is 3.73. The summed E-state index contributed by atoms with van der Waals surface area (Å²) in [6, 6.07) is 0. The van der Waals surface area contributed by atoms with E-state index in [0.717, 1.165) is 0 Å². The van der Waals surface area contributed by atoms with Crippen LogP contribution in [-0.2, 0) is 9.47 Å². The molecule has 0 aliphatic carbocycles. The average molecular weight is 188 g/mol. The predicted octanol–water partition coefficient (Wildman–Crippen LogP) is 0.234. The lowest BCUT2D eigenvalue weighted by molar-refractivity contribution is -0.0274. The highest BCUT2D eigenvalue weighted by atomic mass is 16.5. The van der Waals surface area contributed by atoms with E-state index < -0.39 is 23.7 Å². The standard InChI is InChI=1S/C8H12O5/c1-4-6(10)7(11)8(13-4)5(9)3-12-2/h5,8-11H,1,3H2,2H3. The van der Waals surface area contributed by atoms with Crippen LogP contribution in [0.4, 0.5) is 0 Å². The molecular formula is C8H12O5. The van der Waals surface area contributed by atoms with Crippen molar-refractivity contribution in [1.29, 1.82) is 0 Å². The molecular weight excluding hydrogens is 176 g/mol. The van der Waals surface area contributed by atoms with E-state index in [1.807, 2.05) is 0 Å². The highest BCUT2D eigenvalue weighted by molar-refractivity contribution is 5.28. The predicted molar refractivity (Wildman–Crippen MR) is 44.2 cm³/mol. The van der Waals surface area contributed by atoms with Gasteiger partial charge in [-0.3, -0.25) is 0 Å². The maximum atomic E-state index is 9.36. The molecule has 1 rings (SSSR count). The third-order valence-electron chi connectivity index (χ3n) is 1.73. The van der Waals surface area contributed by atoms with Gasteiger partial charge in [0.1, 0.15) is 6.10 Å². The van der Waals surface area contributed by atoms with Gasteiger partial charge in [0.05, 0.1) is 6.61 Å². The first-order chi connectivity index (χ1) is 6.07. The quantitative estimate of drug-likeness (QED) is 0.591. The molecule has 3 N–H and O–H groups in total. The van der Waals surface area contributed by atoms with Crippen molar-refractivity contribution in [3.05, 3.63) is 23.9 Å². The zero-order valence-corrected chi connectivity index (χ0v) is 7.23. The Balaban J connectivity index is 2.70. The third-order valence-corrected chi connectivity index (χ3v) is 1.73. The van der Waals surface area contributed by atoms with Crippen molar-refractivity contribution >= 4 is 0 Å². The van der Waals surface area contributed by atoms with Gasteiger partial charge in [0.15, 0.2) is 23.4 Å². The topological polar surface area (TPSA) is 79.2 Å². The minimum absolute atomic E-state index is 0.00921. The van der Waals surface area contributed by atoms with Gasteiger partial charge in [-0.25, -0.2) is 0 Å². The van der Waals surface area contributed by atoms with E-state index >= 15 is 0 Å². The van der Waals surface area contributed by atoms with E-state index in [-0.39, 0.29) is 12.4 Å². The fraction of sp³-hybridized carbons (Fsp3) is 0.500. The summed E-state index contributed by atoms with van der Waals surface area (Å²) in [6.07, 6.45) is -2.00. The molecule has 0 aromatic heterocycles. The SMILES string of the molecule is C=C1OC(C(O)COC)C(O)=C1O. The summed E-state index contributed by atoms with van der Waals surface area (Å²) in [7, 11) is 1.41. The largest absolute Gasteiger partial charge is 0.505 e. The average Bonchev–Trinajstić information content (AvgIpc) is 2.33. The van der Waals surface area contributed by atoms with E-state index in [4.69, 9.17) is 9.84 Å². The van der Waals surface area contributed by atoms with Crippen molar-refractivity contribution in [2.75, 3.05) is 13.7 Å². The van der Waals surface area contributed by atoms with E-state index in [0.29, 0.717) is 0 Å². The second-order valence-electron chi connectivity index (χ2n) is 2.72. The first kappa shape index (κ1) is 9.88. The summed E-state index contributed by atoms with van der Waals surface area (Å²) in [4.78, 5) is 0. The third kappa shape index (κ3) is 1.76. The molecule has 0 spiro atoms. The Morgan fingerprint density at radius 3 is 2.62 bits per heavy atom. The summed E-state index contributed by atoms with van der Waals surface area (Å²) < 4.78 is 9.56. The number of ether oxygens (including phenoxy) is 2. The molecule has 2 atom stereocenters. The van der Waals surface area contributed by atoms with Gasteiger partial charge in [-0.1, -0.05) is 6.58 Å². The van der Waals surface area contributed by atoms with Gasteiger partial charge in [0, 0.05) is 7.11 Å². The summed E-state index contributed by atoms with van der Waals surface area (Å²) >= 11 is 0. The van der Waals surface area contributed by atoms with Gasteiger partial charge in [-0.05, 0) is 0 Å². The Labute approximate surface area is 75.5 Å². The number of hydrogen-bond donors (Lipinski definition) is 3. The Kier molecular flexibility index (Phi) is 2.79. The molecule has 5 nitrogen and oxygen atoms in total. The van der Waals surface area contributed by atoms with Gasteiger partial charge in [0.2, 0.25) is 0 Å². The molecule has 0 amide bonds. The van der Waals surface area contributed by atoms with E-state index in [9.17, 15) is 10.2 Å². The first-order valence-corrected chi connectivity index (χ1v) is 3.73. The Morgan fingerprint density at radius 2 is 2.23 bits per heavy atom. The van der Waals surface area contributed by atoms with Crippen LogP contribution >= 0.6 is 0 Å². The summed E-state index contributed by atoms with van der Waals surface area (Å²) in [6.45, 7) is 3.35. The van der Waals surface area contributed by atoms with Crippen molar-refractivity contribution < 1.29 is 24.8 Å². The molecule has 13 heavy (non-hydrogen) atoms. The molecule has 1 aliphatic heterocycles. The van der Waals surface area contributed by atoms with E-state index in [1.165, 1.54) is 7.11 Å². The molecule has 0 bridgehead atoms. The lowest BCUT2D eigenvalue weighted by atomic mass is 10.2. The van der Waals surface area contributed by atoms with Crippen LogP contribution in [0.1, 0.15) is 0 Å². The molecule has 1 heterocycles. The van der Waals surface area contributed by atoms with Crippen LogP contribution in [0.2, 0.25) is 0 Å². The number of rotatable bonds is 3. The minimum atomic E-state index is -1.02. The van der Waals surface area contributed by atoms with Crippen molar-refractivity contribution in [2.24, 2.45) is 0 Å². The molecule has 0 radical (unpaired) electrons. The monoisotopic (exact) mass is 188 g/mol. The zero-order valence-electron chi connectivity index (χ0n) is 7.23. The molecule has 1 aliphatic rings. The summed E-state index contributed by atoms with van der Waals surface area (Å²) in [5, 5.41) is 27.7. The fourth-order valence-corrected chi connectivity index (χ4v) is 1.06. The van der Waals surface area contributed by atoms with Crippen molar-refractivity contribution in [2.45, 2.75) is 12.2 Å². The number of aliphatic hydroxyl groups is 3. The molecule has 0 aromatic carbocycles. The molecule has 74 valence electrons. The molecule has 5 heteroatoms. The van der Waals surface area contributed by atoms with E-state index in [2.05, 4.69) is 11.3 Å². The highest BCUT2D eigenvalue weighted by Gasteiger charge is 2.35. The highest BCUT2D eigenvalue weighted by Crippen LogP contribution is 2.27.